The fourth-order valence-corrected chi connectivity index (χ4v) is 1.39. The molecule has 2 N–H and O–H groups in total. The molecule has 0 saturated carbocycles. The predicted molar refractivity (Wildman–Crippen MR) is 61.8 cm³/mol. The van der Waals surface area contributed by atoms with Gasteiger partial charge in [0, 0.05) is 5.69 Å². The first kappa shape index (κ1) is 13.3. The van der Waals surface area contributed by atoms with Gasteiger partial charge in [-0.15, -0.1) is 5.10 Å². The van der Waals surface area contributed by atoms with Crippen LogP contribution in [0, 0.1) is 0 Å². The molecule has 1 aromatic carbocycles. The lowest BCUT2D eigenvalue weighted by molar-refractivity contribution is -0.137. The minimum absolute atomic E-state index is 0.130. The number of nitrogens with zero attached hydrogens (tertiary/aromatic N) is 2. The van der Waals surface area contributed by atoms with E-state index in [2.05, 4.69) is 20.8 Å². The molecular formula is C11H11F3N4O. The van der Waals surface area contributed by atoms with Crippen LogP contribution in [0.5, 0.6) is 0 Å². The Labute approximate surface area is 106 Å². The Balaban J connectivity index is 2.06. The quantitative estimate of drug-likeness (QED) is 0.895. The summed E-state index contributed by atoms with van der Waals surface area (Å²) in [7, 11) is 1.73. The van der Waals surface area contributed by atoms with Crippen molar-refractivity contribution in [3.05, 3.63) is 35.7 Å². The van der Waals surface area contributed by atoms with E-state index in [4.69, 9.17) is 4.42 Å². The molecule has 0 fully saturated rings. The van der Waals surface area contributed by atoms with E-state index in [1.165, 1.54) is 12.1 Å². The zero-order chi connectivity index (χ0) is 13.9. The summed E-state index contributed by atoms with van der Waals surface area (Å²) in [4.78, 5) is 0. The van der Waals surface area contributed by atoms with Gasteiger partial charge in [0.25, 0.3) is 0 Å². The van der Waals surface area contributed by atoms with Gasteiger partial charge in [-0.1, -0.05) is 5.10 Å². The number of rotatable bonds is 4. The highest BCUT2D eigenvalue weighted by atomic mass is 19.4. The first-order valence-electron chi connectivity index (χ1n) is 5.40. The Hall–Kier alpha value is -2.09. The van der Waals surface area contributed by atoms with Crippen molar-refractivity contribution in [2.75, 3.05) is 12.4 Å². The average molecular weight is 272 g/mol. The van der Waals surface area contributed by atoms with Crippen LogP contribution in [0.25, 0.3) is 0 Å². The van der Waals surface area contributed by atoms with Crippen LogP contribution in [-0.4, -0.2) is 17.2 Å². The molecule has 0 spiro atoms. The van der Waals surface area contributed by atoms with Gasteiger partial charge in [-0.25, -0.2) is 0 Å². The second kappa shape index (κ2) is 5.27. The van der Waals surface area contributed by atoms with Gasteiger partial charge in [-0.2, -0.15) is 13.2 Å². The Morgan fingerprint density at radius 2 is 1.84 bits per heavy atom. The van der Waals surface area contributed by atoms with Crippen molar-refractivity contribution in [2.24, 2.45) is 0 Å². The lowest BCUT2D eigenvalue weighted by atomic mass is 10.2. The van der Waals surface area contributed by atoms with E-state index in [9.17, 15) is 13.2 Å². The van der Waals surface area contributed by atoms with E-state index < -0.39 is 11.7 Å². The standard InChI is InChI=1S/C11H11F3N4O/c1-15-6-9-17-18-10(19-9)16-8-4-2-7(3-5-8)11(12,13)14/h2-5,15H,6H2,1H3,(H,16,18). The number of nitrogens with one attached hydrogen (secondary N) is 2. The monoisotopic (exact) mass is 272 g/mol. The lowest BCUT2D eigenvalue weighted by Gasteiger charge is -2.07. The Kier molecular flexibility index (Phi) is 3.70. The number of hydrogen-bond acceptors (Lipinski definition) is 5. The second-order valence-corrected chi connectivity index (χ2v) is 3.73. The summed E-state index contributed by atoms with van der Waals surface area (Å²) < 4.78 is 42.3. The van der Waals surface area contributed by atoms with Crippen molar-refractivity contribution in [3.63, 3.8) is 0 Å². The van der Waals surface area contributed by atoms with E-state index in [-0.39, 0.29) is 6.01 Å². The van der Waals surface area contributed by atoms with E-state index >= 15 is 0 Å². The molecular weight excluding hydrogens is 261 g/mol. The zero-order valence-electron chi connectivity index (χ0n) is 9.95. The van der Waals surface area contributed by atoms with E-state index in [1.54, 1.807) is 7.05 Å². The van der Waals surface area contributed by atoms with Crippen LogP contribution < -0.4 is 10.6 Å². The van der Waals surface area contributed by atoms with Crippen molar-refractivity contribution in [1.29, 1.82) is 0 Å². The van der Waals surface area contributed by atoms with Gasteiger partial charge >= 0.3 is 12.2 Å². The van der Waals surface area contributed by atoms with Gasteiger partial charge in [0.05, 0.1) is 12.1 Å². The lowest BCUT2D eigenvalue weighted by Crippen LogP contribution is -2.04. The molecule has 0 unspecified atom stereocenters. The number of alkyl halides is 3. The molecule has 2 aromatic rings. The van der Waals surface area contributed by atoms with Crippen molar-refractivity contribution >= 4 is 11.7 Å². The molecule has 8 heteroatoms. The van der Waals surface area contributed by atoms with Crippen LogP contribution >= 0.6 is 0 Å². The number of benzene rings is 1. The number of aromatic nitrogens is 2. The SMILES string of the molecule is CNCc1nnc(Nc2ccc(C(F)(F)F)cc2)o1. The number of anilines is 2. The van der Waals surface area contributed by atoms with Crippen LogP contribution in [0.4, 0.5) is 24.9 Å². The molecule has 1 aromatic heterocycles. The van der Waals surface area contributed by atoms with Crippen molar-refractivity contribution in [2.45, 2.75) is 12.7 Å². The molecule has 0 amide bonds. The highest BCUT2D eigenvalue weighted by Crippen LogP contribution is 2.30. The minimum Gasteiger partial charge on any atom is -0.406 e. The van der Waals surface area contributed by atoms with Crippen LogP contribution in [0.1, 0.15) is 11.5 Å². The summed E-state index contributed by atoms with van der Waals surface area (Å²) in [5, 5.41) is 13.0. The highest BCUT2D eigenvalue weighted by molar-refractivity contribution is 5.52. The average Bonchev–Trinajstić information content (AvgIpc) is 2.77. The molecule has 19 heavy (non-hydrogen) atoms. The van der Waals surface area contributed by atoms with Gasteiger partial charge in [0.2, 0.25) is 5.89 Å². The maximum Gasteiger partial charge on any atom is 0.416 e. The molecule has 0 saturated heterocycles. The zero-order valence-corrected chi connectivity index (χ0v) is 9.95. The first-order valence-corrected chi connectivity index (χ1v) is 5.40. The summed E-state index contributed by atoms with van der Waals surface area (Å²) in [6, 6.07) is 4.68. The smallest absolute Gasteiger partial charge is 0.406 e. The third-order valence-electron chi connectivity index (χ3n) is 2.26. The van der Waals surface area contributed by atoms with Crippen LogP contribution in [0.3, 0.4) is 0 Å². The van der Waals surface area contributed by atoms with Crippen molar-refractivity contribution in [1.82, 2.24) is 15.5 Å². The Morgan fingerprint density at radius 3 is 2.42 bits per heavy atom. The molecule has 0 bridgehead atoms. The topological polar surface area (TPSA) is 63.0 Å². The molecule has 5 nitrogen and oxygen atoms in total. The van der Waals surface area contributed by atoms with Crippen molar-refractivity contribution < 1.29 is 17.6 Å². The molecule has 1 heterocycles. The molecule has 0 aliphatic carbocycles. The third-order valence-corrected chi connectivity index (χ3v) is 2.26. The largest absolute Gasteiger partial charge is 0.416 e. The predicted octanol–water partition coefficient (Wildman–Crippen LogP) is 2.55. The highest BCUT2D eigenvalue weighted by Gasteiger charge is 2.29. The summed E-state index contributed by atoms with van der Waals surface area (Å²) in [6.45, 7) is 0.418. The summed E-state index contributed by atoms with van der Waals surface area (Å²) >= 11 is 0. The fraction of sp³-hybridized carbons (Fsp3) is 0.273. The fourth-order valence-electron chi connectivity index (χ4n) is 1.39. The normalized spacial score (nSPS) is 11.6. The molecule has 102 valence electrons. The maximum absolute atomic E-state index is 12.4. The Morgan fingerprint density at radius 1 is 1.16 bits per heavy atom. The number of halogens is 3. The first-order chi connectivity index (χ1) is 8.99. The van der Waals surface area contributed by atoms with Crippen LogP contribution in [0.15, 0.2) is 28.7 Å². The van der Waals surface area contributed by atoms with Gasteiger partial charge in [-0.05, 0) is 31.3 Å². The van der Waals surface area contributed by atoms with Gasteiger partial charge in [0.15, 0.2) is 0 Å². The molecule has 0 aliphatic heterocycles. The second-order valence-electron chi connectivity index (χ2n) is 3.73. The van der Waals surface area contributed by atoms with Gasteiger partial charge in [-0.3, -0.25) is 0 Å². The minimum atomic E-state index is -4.34. The van der Waals surface area contributed by atoms with Gasteiger partial charge < -0.3 is 15.1 Å². The number of hydrogen-bond donors (Lipinski definition) is 2. The van der Waals surface area contributed by atoms with Crippen LogP contribution in [0.2, 0.25) is 0 Å². The molecule has 2 rings (SSSR count). The molecule has 0 aliphatic rings. The van der Waals surface area contributed by atoms with Crippen LogP contribution in [-0.2, 0) is 12.7 Å². The van der Waals surface area contributed by atoms with Gasteiger partial charge in [0.1, 0.15) is 0 Å². The Bertz CT molecular complexity index is 536. The third kappa shape index (κ3) is 3.44. The molecule has 0 atom stereocenters. The summed E-state index contributed by atoms with van der Waals surface area (Å²) in [5.41, 5.74) is -0.271. The van der Waals surface area contributed by atoms with E-state index in [0.29, 0.717) is 18.1 Å². The summed E-state index contributed by atoms with van der Waals surface area (Å²) in [5.74, 6) is 0.386. The van der Waals surface area contributed by atoms with Crippen molar-refractivity contribution in [3.8, 4) is 0 Å². The maximum atomic E-state index is 12.4. The molecule has 0 radical (unpaired) electrons. The van der Waals surface area contributed by atoms with E-state index in [0.717, 1.165) is 12.1 Å². The summed E-state index contributed by atoms with van der Waals surface area (Å²) in [6.07, 6.45) is -4.34. The van der Waals surface area contributed by atoms with E-state index in [1.807, 2.05) is 0 Å².